The highest BCUT2D eigenvalue weighted by atomic mass is 32.2. The van der Waals surface area contributed by atoms with Gasteiger partial charge in [-0.25, -0.2) is 4.79 Å². The first-order chi connectivity index (χ1) is 9.69. The Morgan fingerprint density at radius 2 is 1.95 bits per heavy atom. The second-order valence-corrected chi connectivity index (χ2v) is 4.82. The van der Waals surface area contributed by atoms with Crippen LogP contribution in [0.5, 0.6) is 0 Å². The number of benzene rings is 1. The number of thioether (sulfide) groups is 1. The van der Waals surface area contributed by atoms with Gasteiger partial charge in [-0.1, -0.05) is 0 Å². The largest absolute Gasteiger partial charge is 0.453 e. The number of nitrogens with zero attached hydrogens (tertiary/aromatic N) is 1. The van der Waals surface area contributed by atoms with Crippen molar-refractivity contribution in [2.45, 2.75) is 4.90 Å². The molecule has 0 aliphatic rings. The number of anilines is 1. The summed E-state index contributed by atoms with van der Waals surface area (Å²) in [6.07, 6.45) is 2.62. The molecule has 0 aliphatic heterocycles. The summed E-state index contributed by atoms with van der Waals surface area (Å²) < 4.78 is 4.49. The SMILES string of the molecule is COC(=O)Nc1ccc(SC(=O)c2cccnc2)cc1. The standard InChI is InChI=1S/C14H12N2O3S/c1-19-14(18)16-11-4-6-12(7-5-11)20-13(17)10-3-2-8-15-9-10/h2-9H,1H3,(H,16,18). The number of methoxy groups -OCH3 is 1. The fourth-order valence-electron chi connectivity index (χ4n) is 1.42. The topological polar surface area (TPSA) is 68.3 Å². The number of nitrogens with one attached hydrogen (secondary N) is 1. The molecular weight excluding hydrogens is 276 g/mol. The van der Waals surface area contributed by atoms with E-state index in [-0.39, 0.29) is 5.12 Å². The molecule has 6 heteroatoms. The van der Waals surface area contributed by atoms with Crippen molar-refractivity contribution in [2.24, 2.45) is 0 Å². The zero-order valence-electron chi connectivity index (χ0n) is 10.7. The van der Waals surface area contributed by atoms with Gasteiger partial charge < -0.3 is 4.74 Å². The molecule has 1 heterocycles. The third-order valence-electron chi connectivity index (χ3n) is 2.39. The van der Waals surface area contributed by atoms with Crippen molar-refractivity contribution in [3.8, 4) is 0 Å². The summed E-state index contributed by atoms with van der Waals surface area (Å²) in [5.74, 6) is 0. The monoisotopic (exact) mass is 288 g/mol. The van der Waals surface area contributed by atoms with Crippen molar-refractivity contribution in [3.05, 3.63) is 54.4 Å². The van der Waals surface area contributed by atoms with E-state index in [1.54, 1.807) is 42.6 Å². The molecule has 1 amide bonds. The Morgan fingerprint density at radius 3 is 2.55 bits per heavy atom. The predicted molar refractivity (Wildman–Crippen MR) is 76.9 cm³/mol. The first-order valence-corrected chi connectivity index (χ1v) is 6.58. The molecular formula is C14H12N2O3S. The van der Waals surface area contributed by atoms with Crippen molar-refractivity contribution >= 4 is 28.7 Å². The lowest BCUT2D eigenvalue weighted by atomic mass is 10.3. The second kappa shape index (κ2) is 6.72. The summed E-state index contributed by atoms with van der Waals surface area (Å²) in [5, 5.41) is 2.46. The van der Waals surface area contributed by atoms with E-state index in [0.29, 0.717) is 11.3 Å². The minimum atomic E-state index is -0.531. The molecule has 1 aromatic carbocycles. The number of hydrogen-bond acceptors (Lipinski definition) is 5. The second-order valence-electron chi connectivity index (χ2n) is 3.77. The smallest absolute Gasteiger partial charge is 0.411 e. The van der Waals surface area contributed by atoms with Crippen molar-refractivity contribution in [1.29, 1.82) is 0 Å². The van der Waals surface area contributed by atoms with Gasteiger partial charge in [0, 0.05) is 28.5 Å². The van der Waals surface area contributed by atoms with Crippen LogP contribution in [-0.4, -0.2) is 23.3 Å². The highest BCUT2D eigenvalue weighted by molar-refractivity contribution is 8.14. The van der Waals surface area contributed by atoms with Crippen LogP contribution in [0.1, 0.15) is 10.4 Å². The first-order valence-electron chi connectivity index (χ1n) is 5.76. The summed E-state index contributed by atoms with van der Waals surface area (Å²) in [7, 11) is 1.30. The van der Waals surface area contributed by atoms with Gasteiger partial charge in [-0.05, 0) is 48.2 Å². The Morgan fingerprint density at radius 1 is 1.20 bits per heavy atom. The fraction of sp³-hybridized carbons (Fsp3) is 0.0714. The van der Waals surface area contributed by atoms with E-state index >= 15 is 0 Å². The van der Waals surface area contributed by atoms with E-state index in [2.05, 4.69) is 15.0 Å². The number of ether oxygens (including phenoxy) is 1. The van der Waals surface area contributed by atoms with Gasteiger partial charge in [0.2, 0.25) is 5.12 Å². The number of carbonyl (C=O) groups is 2. The van der Waals surface area contributed by atoms with E-state index in [1.807, 2.05) is 0 Å². The number of aromatic nitrogens is 1. The average Bonchev–Trinajstić information content (AvgIpc) is 2.50. The van der Waals surface area contributed by atoms with E-state index in [4.69, 9.17) is 0 Å². The maximum Gasteiger partial charge on any atom is 0.411 e. The minimum Gasteiger partial charge on any atom is -0.453 e. The highest BCUT2D eigenvalue weighted by Gasteiger charge is 2.08. The number of carbonyl (C=O) groups excluding carboxylic acids is 2. The Labute approximate surface area is 120 Å². The van der Waals surface area contributed by atoms with Crippen LogP contribution in [0, 0.1) is 0 Å². The van der Waals surface area contributed by atoms with E-state index in [9.17, 15) is 9.59 Å². The molecule has 1 N–H and O–H groups in total. The predicted octanol–water partition coefficient (Wildman–Crippen LogP) is 3.19. The average molecular weight is 288 g/mol. The van der Waals surface area contributed by atoms with Crippen molar-refractivity contribution in [2.75, 3.05) is 12.4 Å². The number of hydrogen-bond donors (Lipinski definition) is 1. The summed E-state index contributed by atoms with van der Waals surface area (Å²) in [5.41, 5.74) is 1.16. The molecule has 0 spiro atoms. The Bertz CT molecular complexity index is 600. The molecule has 0 saturated heterocycles. The van der Waals surface area contributed by atoms with Crippen LogP contribution in [0.15, 0.2) is 53.7 Å². The van der Waals surface area contributed by atoms with Gasteiger partial charge in [0.1, 0.15) is 0 Å². The fourth-order valence-corrected chi connectivity index (χ4v) is 2.15. The molecule has 0 saturated carbocycles. The lowest BCUT2D eigenvalue weighted by molar-refractivity contribution is 0.108. The van der Waals surface area contributed by atoms with Crippen LogP contribution < -0.4 is 5.32 Å². The van der Waals surface area contributed by atoms with E-state index in [0.717, 1.165) is 16.7 Å². The molecule has 0 fully saturated rings. The van der Waals surface area contributed by atoms with E-state index < -0.39 is 6.09 Å². The maximum absolute atomic E-state index is 12.0. The zero-order chi connectivity index (χ0) is 14.4. The lowest BCUT2D eigenvalue weighted by Crippen LogP contribution is -2.10. The Hall–Kier alpha value is -2.34. The van der Waals surface area contributed by atoms with Crippen molar-refractivity contribution < 1.29 is 14.3 Å². The molecule has 2 aromatic rings. The molecule has 0 aliphatic carbocycles. The molecule has 0 radical (unpaired) electrons. The van der Waals surface area contributed by atoms with Gasteiger partial charge in [0.25, 0.3) is 0 Å². The first kappa shape index (κ1) is 14.1. The molecule has 1 aromatic heterocycles. The summed E-state index contributed by atoms with van der Waals surface area (Å²) in [6.45, 7) is 0. The normalized spacial score (nSPS) is 9.85. The van der Waals surface area contributed by atoms with Crippen LogP contribution >= 0.6 is 11.8 Å². The summed E-state index contributed by atoms with van der Waals surface area (Å²) >= 11 is 1.11. The third kappa shape index (κ3) is 3.83. The molecule has 0 atom stereocenters. The third-order valence-corrected chi connectivity index (χ3v) is 3.32. The van der Waals surface area contributed by atoms with Gasteiger partial charge >= 0.3 is 6.09 Å². The Balaban J connectivity index is 2.00. The lowest BCUT2D eigenvalue weighted by Gasteiger charge is -2.04. The van der Waals surface area contributed by atoms with Gasteiger partial charge in [-0.3, -0.25) is 15.1 Å². The number of amides is 1. The molecule has 5 nitrogen and oxygen atoms in total. The van der Waals surface area contributed by atoms with Gasteiger partial charge in [0.05, 0.1) is 7.11 Å². The van der Waals surface area contributed by atoms with Crippen LogP contribution in [0.25, 0.3) is 0 Å². The molecule has 2 rings (SSSR count). The highest BCUT2D eigenvalue weighted by Crippen LogP contribution is 2.24. The summed E-state index contributed by atoms with van der Waals surface area (Å²) in [4.78, 5) is 27.7. The quantitative estimate of drug-likeness (QED) is 0.878. The van der Waals surface area contributed by atoms with Crippen LogP contribution in [0.3, 0.4) is 0 Å². The number of pyridine rings is 1. The van der Waals surface area contributed by atoms with Crippen LogP contribution in [-0.2, 0) is 4.74 Å². The van der Waals surface area contributed by atoms with Gasteiger partial charge in [0.15, 0.2) is 0 Å². The molecule has 0 bridgehead atoms. The van der Waals surface area contributed by atoms with Gasteiger partial charge in [-0.2, -0.15) is 0 Å². The molecule has 102 valence electrons. The maximum atomic E-state index is 12.0. The van der Waals surface area contributed by atoms with Gasteiger partial charge in [-0.15, -0.1) is 0 Å². The van der Waals surface area contributed by atoms with E-state index in [1.165, 1.54) is 13.3 Å². The van der Waals surface area contributed by atoms with Crippen LogP contribution in [0.4, 0.5) is 10.5 Å². The molecule has 20 heavy (non-hydrogen) atoms. The minimum absolute atomic E-state index is 0.0771. The van der Waals surface area contributed by atoms with Crippen molar-refractivity contribution in [3.63, 3.8) is 0 Å². The molecule has 0 unspecified atom stereocenters. The Kier molecular flexibility index (Phi) is 4.73. The van der Waals surface area contributed by atoms with Crippen molar-refractivity contribution in [1.82, 2.24) is 4.98 Å². The summed E-state index contributed by atoms with van der Waals surface area (Å²) in [6, 6.07) is 10.4. The van der Waals surface area contributed by atoms with Crippen LogP contribution in [0.2, 0.25) is 0 Å². The number of rotatable bonds is 3. The zero-order valence-corrected chi connectivity index (χ0v) is 11.5.